The topological polar surface area (TPSA) is 36.4 Å². The number of pyridine rings is 1. The molecule has 2 aliphatic rings. The van der Waals surface area contributed by atoms with Crippen molar-refractivity contribution in [2.45, 2.75) is 32.2 Å². The molecule has 2 aliphatic heterocycles. The van der Waals surface area contributed by atoms with Crippen LogP contribution in [0.1, 0.15) is 31.2 Å². The maximum absolute atomic E-state index is 12.5. The van der Waals surface area contributed by atoms with E-state index in [1.165, 1.54) is 24.8 Å². The monoisotopic (exact) mass is 273 g/mol. The fourth-order valence-electron chi connectivity index (χ4n) is 3.30. The van der Waals surface area contributed by atoms with E-state index in [1.807, 2.05) is 12.3 Å². The van der Waals surface area contributed by atoms with E-state index in [4.69, 9.17) is 0 Å². The Labute approximate surface area is 120 Å². The van der Waals surface area contributed by atoms with Crippen LogP contribution in [-0.4, -0.2) is 46.9 Å². The van der Waals surface area contributed by atoms with Gasteiger partial charge in [-0.2, -0.15) is 0 Å². The van der Waals surface area contributed by atoms with Crippen LogP contribution in [0.5, 0.6) is 0 Å². The van der Waals surface area contributed by atoms with Crippen LogP contribution < -0.4 is 0 Å². The number of amides is 1. The van der Waals surface area contributed by atoms with Gasteiger partial charge in [0, 0.05) is 38.6 Å². The Hall–Kier alpha value is -1.42. The molecule has 20 heavy (non-hydrogen) atoms. The summed E-state index contributed by atoms with van der Waals surface area (Å²) in [6.45, 7) is 4.79. The van der Waals surface area contributed by atoms with Gasteiger partial charge < -0.3 is 4.90 Å². The zero-order chi connectivity index (χ0) is 13.8. The number of carbonyl (C=O) groups excluding carboxylic acids is 1. The van der Waals surface area contributed by atoms with Gasteiger partial charge in [0.25, 0.3) is 0 Å². The molecule has 0 spiro atoms. The molecule has 4 nitrogen and oxygen atoms in total. The summed E-state index contributed by atoms with van der Waals surface area (Å²) in [6.07, 6.45) is 8.36. The molecule has 1 atom stereocenters. The van der Waals surface area contributed by atoms with Crippen LogP contribution in [0, 0.1) is 5.92 Å². The lowest BCUT2D eigenvalue weighted by molar-refractivity contribution is -0.136. The minimum absolute atomic E-state index is 0.213. The van der Waals surface area contributed by atoms with E-state index in [0.717, 1.165) is 39.1 Å². The van der Waals surface area contributed by atoms with Crippen LogP contribution >= 0.6 is 0 Å². The van der Waals surface area contributed by atoms with E-state index < -0.39 is 0 Å². The van der Waals surface area contributed by atoms with Gasteiger partial charge in [-0.3, -0.25) is 14.7 Å². The van der Waals surface area contributed by atoms with Gasteiger partial charge in [-0.05, 0) is 43.9 Å². The summed E-state index contributed by atoms with van der Waals surface area (Å²) in [4.78, 5) is 21.1. The molecule has 0 aliphatic carbocycles. The third-order valence-corrected chi connectivity index (χ3v) is 4.42. The third-order valence-electron chi connectivity index (χ3n) is 4.42. The molecule has 1 unspecified atom stereocenters. The zero-order valence-electron chi connectivity index (χ0n) is 12.0. The van der Waals surface area contributed by atoms with Crippen molar-refractivity contribution in [1.82, 2.24) is 14.8 Å². The maximum Gasteiger partial charge on any atom is 0.227 e. The summed E-state index contributed by atoms with van der Waals surface area (Å²) in [5, 5.41) is 0. The Morgan fingerprint density at radius 2 is 2.10 bits per heavy atom. The largest absolute Gasteiger partial charge is 0.342 e. The number of likely N-dealkylation sites (tertiary alicyclic amines) is 2. The minimum atomic E-state index is 0.213. The van der Waals surface area contributed by atoms with Crippen molar-refractivity contribution in [2.75, 3.05) is 26.2 Å². The van der Waals surface area contributed by atoms with Gasteiger partial charge >= 0.3 is 0 Å². The Kier molecular flexibility index (Phi) is 4.31. The number of piperidine rings is 1. The fourth-order valence-corrected chi connectivity index (χ4v) is 3.30. The highest BCUT2D eigenvalue weighted by Gasteiger charge is 2.31. The van der Waals surface area contributed by atoms with Gasteiger partial charge in [-0.15, -0.1) is 0 Å². The molecule has 2 fully saturated rings. The Morgan fingerprint density at radius 1 is 1.25 bits per heavy atom. The number of rotatable bonds is 3. The Balaban J connectivity index is 1.52. The van der Waals surface area contributed by atoms with Gasteiger partial charge in [0.1, 0.15) is 0 Å². The normalized spacial score (nSPS) is 24.0. The van der Waals surface area contributed by atoms with E-state index in [-0.39, 0.29) is 5.92 Å². The van der Waals surface area contributed by atoms with Crippen LogP contribution in [0.15, 0.2) is 24.5 Å². The van der Waals surface area contributed by atoms with Crippen molar-refractivity contribution in [3.8, 4) is 0 Å². The summed E-state index contributed by atoms with van der Waals surface area (Å²) in [7, 11) is 0. The molecule has 108 valence electrons. The molecule has 0 saturated carbocycles. The van der Waals surface area contributed by atoms with Crippen molar-refractivity contribution in [2.24, 2.45) is 5.92 Å². The van der Waals surface area contributed by atoms with Crippen molar-refractivity contribution in [3.63, 3.8) is 0 Å². The van der Waals surface area contributed by atoms with Crippen LogP contribution in [0.3, 0.4) is 0 Å². The highest BCUT2D eigenvalue weighted by Crippen LogP contribution is 2.22. The van der Waals surface area contributed by atoms with Crippen LogP contribution in [0.4, 0.5) is 0 Å². The standard InChI is InChI=1S/C16H23N3O/c20-16(19-8-2-1-3-9-19)15-6-10-18(13-15)12-14-5-4-7-17-11-14/h4-5,7,11,15H,1-3,6,8-10,12-13H2. The molecule has 3 heterocycles. The summed E-state index contributed by atoms with van der Waals surface area (Å²) in [6, 6.07) is 4.08. The SMILES string of the molecule is O=C(C1CCN(Cc2cccnc2)C1)N1CCCCC1. The van der Waals surface area contributed by atoms with Crippen molar-refractivity contribution < 1.29 is 4.79 Å². The first-order valence-electron chi connectivity index (χ1n) is 7.73. The first kappa shape index (κ1) is 13.6. The molecule has 4 heteroatoms. The molecule has 3 rings (SSSR count). The first-order chi connectivity index (χ1) is 9.83. The Bertz CT molecular complexity index is 442. The van der Waals surface area contributed by atoms with E-state index >= 15 is 0 Å². The number of aromatic nitrogens is 1. The summed E-state index contributed by atoms with van der Waals surface area (Å²) < 4.78 is 0. The highest BCUT2D eigenvalue weighted by molar-refractivity contribution is 5.79. The molecular formula is C16H23N3O. The molecule has 2 saturated heterocycles. The van der Waals surface area contributed by atoms with Crippen LogP contribution in [0.25, 0.3) is 0 Å². The molecule has 0 N–H and O–H groups in total. The quantitative estimate of drug-likeness (QED) is 0.844. The molecular weight excluding hydrogens is 250 g/mol. The van der Waals surface area contributed by atoms with Crippen LogP contribution in [0.2, 0.25) is 0 Å². The highest BCUT2D eigenvalue weighted by atomic mass is 16.2. The van der Waals surface area contributed by atoms with Crippen molar-refractivity contribution >= 4 is 5.91 Å². The number of nitrogens with zero attached hydrogens (tertiary/aromatic N) is 3. The van der Waals surface area contributed by atoms with E-state index in [9.17, 15) is 4.79 Å². The molecule has 0 aromatic carbocycles. The lowest BCUT2D eigenvalue weighted by atomic mass is 10.0. The fraction of sp³-hybridized carbons (Fsp3) is 0.625. The lowest BCUT2D eigenvalue weighted by Crippen LogP contribution is -2.40. The average molecular weight is 273 g/mol. The summed E-state index contributed by atoms with van der Waals surface area (Å²) >= 11 is 0. The van der Waals surface area contributed by atoms with Gasteiger partial charge in [0.15, 0.2) is 0 Å². The van der Waals surface area contributed by atoms with Gasteiger partial charge in [0.2, 0.25) is 5.91 Å². The number of hydrogen-bond donors (Lipinski definition) is 0. The Morgan fingerprint density at radius 3 is 2.85 bits per heavy atom. The summed E-state index contributed by atoms with van der Waals surface area (Å²) in [5.74, 6) is 0.600. The predicted octanol–water partition coefficient (Wildman–Crippen LogP) is 1.92. The maximum atomic E-state index is 12.5. The van der Waals surface area contributed by atoms with Gasteiger partial charge in [0.05, 0.1) is 5.92 Å². The number of hydrogen-bond acceptors (Lipinski definition) is 3. The van der Waals surface area contributed by atoms with E-state index in [2.05, 4.69) is 20.9 Å². The number of carbonyl (C=O) groups is 1. The second-order valence-corrected chi connectivity index (χ2v) is 5.97. The van der Waals surface area contributed by atoms with E-state index in [1.54, 1.807) is 6.20 Å². The molecule has 1 amide bonds. The van der Waals surface area contributed by atoms with Gasteiger partial charge in [-0.25, -0.2) is 0 Å². The lowest BCUT2D eigenvalue weighted by Gasteiger charge is -2.29. The van der Waals surface area contributed by atoms with Gasteiger partial charge in [-0.1, -0.05) is 6.07 Å². The zero-order valence-corrected chi connectivity index (χ0v) is 12.0. The minimum Gasteiger partial charge on any atom is -0.342 e. The first-order valence-corrected chi connectivity index (χ1v) is 7.73. The molecule has 0 radical (unpaired) electrons. The second-order valence-electron chi connectivity index (χ2n) is 5.97. The van der Waals surface area contributed by atoms with Crippen molar-refractivity contribution in [1.29, 1.82) is 0 Å². The summed E-state index contributed by atoms with van der Waals surface area (Å²) in [5.41, 5.74) is 1.23. The second kappa shape index (κ2) is 6.35. The molecule has 1 aromatic rings. The predicted molar refractivity (Wildman–Crippen MR) is 78.1 cm³/mol. The van der Waals surface area contributed by atoms with E-state index in [0.29, 0.717) is 5.91 Å². The van der Waals surface area contributed by atoms with Crippen LogP contribution in [-0.2, 0) is 11.3 Å². The smallest absolute Gasteiger partial charge is 0.227 e. The molecule has 1 aromatic heterocycles. The molecule has 0 bridgehead atoms. The third kappa shape index (κ3) is 3.18. The average Bonchev–Trinajstić information content (AvgIpc) is 2.97. The van der Waals surface area contributed by atoms with Crippen molar-refractivity contribution in [3.05, 3.63) is 30.1 Å².